The molecule has 2 aliphatic rings. The highest BCUT2D eigenvalue weighted by Gasteiger charge is 2.30. The Morgan fingerprint density at radius 1 is 0.680 bits per heavy atom. The van der Waals surface area contributed by atoms with Crippen molar-refractivity contribution in [3.05, 3.63) is 60.7 Å². The van der Waals surface area contributed by atoms with Crippen molar-refractivity contribution in [1.29, 1.82) is 0 Å². The van der Waals surface area contributed by atoms with E-state index in [0.29, 0.717) is 0 Å². The molecule has 0 radical (unpaired) electrons. The summed E-state index contributed by atoms with van der Waals surface area (Å²) in [5.74, 6) is 2.80. The Bertz CT molecular complexity index is 588. The van der Waals surface area contributed by atoms with E-state index in [1.807, 2.05) is 0 Å². The van der Waals surface area contributed by atoms with E-state index < -0.39 is 0 Å². The molecule has 2 aromatic rings. The Morgan fingerprint density at radius 3 is 1.56 bits per heavy atom. The number of hydrogen-bond donors (Lipinski definition) is 0. The summed E-state index contributed by atoms with van der Waals surface area (Å²) in [5.41, 5.74) is 1.93. The van der Waals surface area contributed by atoms with Gasteiger partial charge in [0, 0.05) is 11.5 Å². The highest BCUT2D eigenvalue weighted by molar-refractivity contribution is 8.00. The summed E-state index contributed by atoms with van der Waals surface area (Å²) >= 11 is 2.28. The molecule has 4 rings (SSSR count). The molecule has 1 unspecified atom stereocenters. The van der Waals surface area contributed by atoms with Gasteiger partial charge in [-0.2, -0.15) is 11.8 Å². The average Bonchev–Trinajstić information content (AvgIpc) is 3.33. The lowest BCUT2D eigenvalue weighted by molar-refractivity contribution is 0.832. The topological polar surface area (TPSA) is 0 Å². The summed E-state index contributed by atoms with van der Waals surface area (Å²) in [6, 6.07) is 22.7. The number of hydrogen-bond acceptors (Lipinski definition) is 1. The fraction of sp³-hybridized carbons (Fsp3) is 0.455. The van der Waals surface area contributed by atoms with Crippen LogP contribution in [0.3, 0.4) is 0 Å². The minimum absolute atomic E-state index is 0.102. The van der Waals surface area contributed by atoms with E-state index in [1.165, 1.54) is 49.5 Å². The van der Waals surface area contributed by atoms with Gasteiger partial charge in [0.15, 0.2) is 0 Å². The van der Waals surface area contributed by atoms with E-state index >= 15 is 0 Å². The van der Waals surface area contributed by atoms with E-state index in [0.717, 1.165) is 11.3 Å². The fourth-order valence-electron chi connectivity index (χ4n) is 4.28. The molecular weight excluding hydrogens is 358 g/mol. The van der Waals surface area contributed by atoms with Crippen LogP contribution in [0.2, 0.25) is 0 Å². The fourth-order valence-corrected chi connectivity index (χ4v) is 12.6. The lowest BCUT2D eigenvalue weighted by Gasteiger charge is -2.23. The van der Waals surface area contributed by atoms with Crippen LogP contribution in [0.1, 0.15) is 25.7 Å². The molecular formula is C22H28P2S. The van der Waals surface area contributed by atoms with Gasteiger partial charge in [-0.25, -0.2) is 0 Å². The van der Waals surface area contributed by atoms with Gasteiger partial charge in [-0.05, 0) is 59.9 Å². The molecule has 2 aliphatic heterocycles. The largest absolute Gasteiger partial charge is 0.161 e. The SMILES string of the molecule is c1ccc([P@]2CCCC2CSC[C@@H]2CCC[P@@]2c2ccccc2)cc1. The van der Waals surface area contributed by atoms with Crippen molar-refractivity contribution in [1.82, 2.24) is 0 Å². The van der Waals surface area contributed by atoms with Crippen molar-refractivity contribution in [2.24, 2.45) is 0 Å². The van der Waals surface area contributed by atoms with Gasteiger partial charge >= 0.3 is 0 Å². The predicted octanol–water partition coefficient (Wildman–Crippen LogP) is 5.66. The van der Waals surface area contributed by atoms with Crippen LogP contribution in [0.4, 0.5) is 0 Å². The van der Waals surface area contributed by atoms with Gasteiger partial charge in [0.2, 0.25) is 0 Å². The van der Waals surface area contributed by atoms with Crippen LogP contribution in [0, 0.1) is 0 Å². The second kappa shape index (κ2) is 9.03. The molecule has 2 heterocycles. The first kappa shape index (κ1) is 18.0. The molecule has 0 amide bonds. The summed E-state index contributed by atoms with van der Waals surface area (Å²) in [5, 5.41) is 3.29. The first-order valence-corrected chi connectivity index (χ1v) is 14.0. The van der Waals surface area contributed by atoms with Gasteiger partial charge in [0.1, 0.15) is 0 Å². The van der Waals surface area contributed by atoms with Gasteiger partial charge in [0.05, 0.1) is 0 Å². The first-order valence-electron chi connectivity index (χ1n) is 9.63. The van der Waals surface area contributed by atoms with Crippen LogP contribution in [-0.4, -0.2) is 35.1 Å². The van der Waals surface area contributed by atoms with E-state index in [9.17, 15) is 0 Å². The van der Waals surface area contributed by atoms with Crippen LogP contribution in [0.5, 0.6) is 0 Å². The zero-order valence-corrected chi connectivity index (χ0v) is 17.5. The smallest absolute Gasteiger partial charge is 0.000355 e. The standard InChI is InChI=1S/C22H28P2S/c1-3-9-19(10-4-1)23-15-7-13-21(23)17-25-18-22-14-8-16-24(22)20-11-5-2-6-12-20/h1-6,9-12,21-22H,7-8,13-18H2/t21-,22?,23-,24-/m0/s1. The maximum Gasteiger partial charge on any atom is 0.000355 e. The number of rotatable bonds is 6. The zero-order valence-electron chi connectivity index (χ0n) is 14.9. The summed E-state index contributed by atoms with van der Waals surface area (Å²) in [6.45, 7) is 0. The lowest BCUT2D eigenvalue weighted by Crippen LogP contribution is -2.15. The molecule has 0 spiro atoms. The normalized spacial score (nSPS) is 29.1. The molecule has 2 fully saturated rings. The molecule has 0 bridgehead atoms. The highest BCUT2D eigenvalue weighted by Crippen LogP contribution is 2.52. The third-order valence-electron chi connectivity index (χ3n) is 5.55. The average molecular weight is 386 g/mol. The predicted molar refractivity (Wildman–Crippen MR) is 119 cm³/mol. The summed E-state index contributed by atoms with van der Waals surface area (Å²) in [7, 11) is 0.204. The Morgan fingerprint density at radius 2 is 1.12 bits per heavy atom. The summed E-state index contributed by atoms with van der Waals surface area (Å²) in [4.78, 5) is 0. The Labute approximate surface area is 159 Å². The van der Waals surface area contributed by atoms with Crippen LogP contribution in [0.25, 0.3) is 0 Å². The van der Waals surface area contributed by atoms with Gasteiger partial charge in [0.25, 0.3) is 0 Å². The monoisotopic (exact) mass is 386 g/mol. The molecule has 0 aliphatic carbocycles. The van der Waals surface area contributed by atoms with Crippen molar-refractivity contribution in [3.63, 3.8) is 0 Å². The van der Waals surface area contributed by atoms with E-state index in [4.69, 9.17) is 0 Å². The van der Waals surface area contributed by atoms with Crippen molar-refractivity contribution in [2.45, 2.75) is 37.0 Å². The minimum Gasteiger partial charge on any atom is -0.161 e. The van der Waals surface area contributed by atoms with Crippen LogP contribution >= 0.6 is 27.6 Å². The zero-order chi connectivity index (χ0) is 16.9. The minimum atomic E-state index is 0.102. The molecule has 132 valence electrons. The summed E-state index contributed by atoms with van der Waals surface area (Å²) in [6.07, 6.45) is 8.75. The van der Waals surface area contributed by atoms with Crippen molar-refractivity contribution in [2.75, 3.05) is 23.8 Å². The van der Waals surface area contributed by atoms with E-state index in [1.54, 1.807) is 10.6 Å². The van der Waals surface area contributed by atoms with Crippen LogP contribution in [0.15, 0.2) is 60.7 Å². The number of benzene rings is 2. The molecule has 0 aromatic heterocycles. The molecule has 4 atom stereocenters. The van der Waals surface area contributed by atoms with Gasteiger partial charge in [-0.1, -0.05) is 76.5 Å². The van der Waals surface area contributed by atoms with Crippen molar-refractivity contribution in [3.8, 4) is 0 Å². The molecule has 2 aromatic carbocycles. The Balaban J connectivity index is 1.31. The van der Waals surface area contributed by atoms with E-state index in [2.05, 4.69) is 72.4 Å². The number of thioether (sulfide) groups is 1. The molecule has 0 N–H and O–H groups in total. The van der Waals surface area contributed by atoms with Crippen LogP contribution < -0.4 is 10.6 Å². The summed E-state index contributed by atoms with van der Waals surface area (Å²) < 4.78 is 0. The Hall–Kier alpha value is -0.350. The first-order chi connectivity index (χ1) is 12.4. The van der Waals surface area contributed by atoms with Gasteiger partial charge < -0.3 is 0 Å². The van der Waals surface area contributed by atoms with Crippen LogP contribution in [-0.2, 0) is 0 Å². The molecule has 25 heavy (non-hydrogen) atoms. The van der Waals surface area contributed by atoms with E-state index in [-0.39, 0.29) is 15.8 Å². The second-order valence-corrected chi connectivity index (χ2v) is 13.5. The second-order valence-electron chi connectivity index (χ2n) is 7.19. The lowest BCUT2D eigenvalue weighted by atomic mass is 10.3. The third-order valence-corrected chi connectivity index (χ3v) is 13.5. The molecule has 0 nitrogen and oxygen atoms in total. The van der Waals surface area contributed by atoms with Gasteiger partial charge in [-0.3, -0.25) is 0 Å². The Kier molecular flexibility index (Phi) is 6.52. The maximum atomic E-state index is 2.38. The maximum absolute atomic E-state index is 2.38. The molecule has 0 saturated carbocycles. The van der Waals surface area contributed by atoms with Crippen molar-refractivity contribution >= 4 is 38.2 Å². The highest BCUT2D eigenvalue weighted by atomic mass is 32.2. The third kappa shape index (κ3) is 4.50. The van der Waals surface area contributed by atoms with Crippen molar-refractivity contribution < 1.29 is 0 Å². The molecule has 3 heteroatoms. The quantitative estimate of drug-likeness (QED) is 0.577. The molecule has 2 saturated heterocycles. The van der Waals surface area contributed by atoms with Gasteiger partial charge in [-0.15, -0.1) is 0 Å².